The molecule has 0 bridgehead atoms. The van der Waals surface area contributed by atoms with Crippen molar-refractivity contribution in [2.24, 2.45) is 11.8 Å². The summed E-state index contributed by atoms with van der Waals surface area (Å²) in [5.41, 5.74) is 2.22. The molecule has 2 unspecified atom stereocenters. The van der Waals surface area contributed by atoms with Gasteiger partial charge in [-0.1, -0.05) is 54.6 Å². The van der Waals surface area contributed by atoms with E-state index in [9.17, 15) is 14.0 Å². The van der Waals surface area contributed by atoms with Gasteiger partial charge in [0.1, 0.15) is 5.82 Å². The van der Waals surface area contributed by atoms with Crippen LogP contribution in [-0.4, -0.2) is 11.8 Å². The van der Waals surface area contributed by atoms with E-state index in [2.05, 4.69) is 5.32 Å². The smallest absolute Gasteiger partial charge is 0.231 e. The van der Waals surface area contributed by atoms with Gasteiger partial charge in [-0.2, -0.15) is 0 Å². The number of hydrogen-bond acceptors (Lipinski definition) is 2. The number of hydrogen-bond donors (Lipinski definition) is 1. The van der Waals surface area contributed by atoms with Crippen LogP contribution in [0, 0.1) is 17.7 Å². The Morgan fingerprint density at radius 1 is 0.897 bits per heavy atom. The van der Waals surface area contributed by atoms with Gasteiger partial charge in [-0.25, -0.2) is 4.39 Å². The van der Waals surface area contributed by atoms with Crippen LogP contribution < -0.4 is 10.2 Å². The number of carbonyl (C=O) groups excluding carboxylic acids is 2. The molecule has 1 saturated carbocycles. The Balaban J connectivity index is 1.47. The number of nitrogens with zero attached hydrogens (tertiary/aromatic N) is 1. The molecule has 3 aromatic carbocycles. The van der Waals surface area contributed by atoms with Gasteiger partial charge >= 0.3 is 0 Å². The molecule has 1 aliphatic carbocycles. The molecule has 1 N–H and O–H groups in total. The van der Waals surface area contributed by atoms with Gasteiger partial charge in [0.25, 0.3) is 0 Å². The van der Waals surface area contributed by atoms with Crippen LogP contribution in [0.1, 0.15) is 12.0 Å². The zero-order valence-corrected chi connectivity index (χ0v) is 15.8. The van der Waals surface area contributed by atoms with Gasteiger partial charge in [-0.3, -0.25) is 9.59 Å². The highest BCUT2D eigenvalue weighted by Crippen LogP contribution is 2.42. The maximum Gasteiger partial charge on any atom is 0.231 e. The molecule has 1 aliphatic rings. The Morgan fingerprint density at radius 3 is 2.28 bits per heavy atom. The van der Waals surface area contributed by atoms with Crippen molar-refractivity contribution < 1.29 is 14.0 Å². The zero-order valence-electron chi connectivity index (χ0n) is 15.8. The molecule has 0 radical (unpaired) electrons. The fourth-order valence-electron chi connectivity index (χ4n) is 3.43. The van der Waals surface area contributed by atoms with Crippen LogP contribution in [0.15, 0.2) is 84.9 Å². The Kier molecular flexibility index (Phi) is 5.38. The van der Waals surface area contributed by atoms with Crippen LogP contribution >= 0.6 is 0 Å². The van der Waals surface area contributed by atoms with Gasteiger partial charge in [0.05, 0.1) is 18.4 Å². The topological polar surface area (TPSA) is 49.4 Å². The van der Waals surface area contributed by atoms with Crippen molar-refractivity contribution in [3.63, 3.8) is 0 Å². The molecular weight excluding hydrogens is 367 g/mol. The van der Waals surface area contributed by atoms with E-state index < -0.39 is 11.7 Å². The summed E-state index contributed by atoms with van der Waals surface area (Å²) in [7, 11) is 0. The minimum atomic E-state index is -0.413. The van der Waals surface area contributed by atoms with Gasteiger partial charge in [0.2, 0.25) is 11.8 Å². The van der Waals surface area contributed by atoms with Gasteiger partial charge in [-0.15, -0.1) is 0 Å². The molecule has 4 rings (SSSR count). The molecule has 0 aromatic heterocycles. The predicted molar refractivity (Wildman–Crippen MR) is 111 cm³/mol. The third-order valence-electron chi connectivity index (χ3n) is 5.05. The third-order valence-corrected chi connectivity index (χ3v) is 5.05. The van der Waals surface area contributed by atoms with Gasteiger partial charge in [0.15, 0.2) is 0 Å². The SMILES string of the molecule is O=C(Nc1cccc(F)c1)C1CC1C(=O)N(Cc1ccccc1)c1ccccc1. The lowest BCUT2D eigenvalue weighted by Gasteiger charge is -2.23. The lowest BCUT2D eigenvalue weighted by Crippen LogP contribution is -2.33. The van der Waals surface area contributed by atoms with Crippen molar-refractivity contribution >= 4 is 23.2 Å². The van der Waals surface area contributed by atoms with E-state index in [0.29, 0.717) is 18.7 Å². The first-order valence-corrected chi connectivity index (χ1v) is 9.58. The molecule has 29 heavy (non-hydrogen) atoms. The number of amides is 2. The Labute approximate surface area is 169 Å². The first-order chi connectivity index (χ1) is 14.1. The first kappa shape index (κ1) is 18.9. The average molecular weight is 388 g/mol. The number of carbonyl (C=O) groups is 2. The summed E-state index contributed by atoms with van der Waals surface area (Å²) in [6.45, 7) is 0.443. The first-order valence-electron chi connectivity index (χ1n) is 9.58. The normalized spacial score (nSPS) is 17.4. The summed E-state index contributed by atoms with van der Waals surface area (Å²) in [5.74, 6) is -1.49. The molecule has 0 spiro atoms. The van der Waals surface area contributed by atoms with Crippen LogP contribution in [0.2, 0.25) is 0 Å². The summed E-state index contributed by atoms with van der Waals surface area (Å²) in [6.07, 6.45) is 0.498. The number of anilines is 2. The molecule has 146 valence electrons. The van der Waals surface area contributed by atoms with E-state index in [1.807, 2.05) is 60.7 Å². The van der Waals surface area contributed by atoms with E-state index in [-0.39, 0.29) is 17.7 Å². The van der Waals surface area contributed by atoms with Gasteiger partial charge in [-0.05, 0) is 42.3 Å². The largest absolute Gasteiger partial charge is 0.326 e. The number of nitrogens with one attached hydrogen (secondary N) is 1. The van der Waals surface area contributed by atoms with Gasteiger partial charge in [0, 0.05) is 11.4 Å². The molecule has 3 aromatic rings. The van der Waals surface area contributed by atoms with Crippen molar-refractivity contribution in [3.05, 3.63) is 96.3 Å². The second-order valence-corrected chi connectivity index (χ2v) is 7.19. The third kappa shape index (κ3) is 4.51. The Bertz CT molecular complexity index is 1010. The summed E-state index contributed by atoms with van der Waals surface area (Å²) in [5, 5.41) is 2.71. The average Bonchev–Trinajstić information content (AvgIpc) is 3.54. The highest BCUT2D eigenvalue weighted by Gasteiger charge is 2.49. The minimum absolute atomic E-state index is 0.0700. The van der Waals surface area contributed by atoms with Crippen LogP contribution in [0.25, 0.3) is 0 Å². The zero-order chi connectivity index (χ0) is 20.2. The van der Waals surface area contributed by atoms with E-state index in [4.69, 9.17) is 0 Å². The van der Waals surface area contributed by atoms with Crippen molar-refractivity contribution in [3.8, 4) is 0 Å². The summed E-state index contributed by atoms with van der Waals surface area (Å²) in [4.78, 5) is 27.5. The summed E-state index contributed by atoms with van der Waals surface area (Å²) in [6, 6.07) is 25.0. The van der Waals surface area contributed by atoms with Crippen molar-refractivity contribution in [2.75, 3.05) is 10.2 Å². The molecule has 0 heterocycles. The highest BCUT2D eigenvalue weighted by molar-refractivity contribution is 6.04. The minimum Gasteiger partial charge on any atom is -0.326 e. The Morgan fingerprint density at radius 2 is 1.59 bits per heavy atom. The van der Waals surface area contributed by atoms with Crippen molar-refractivity contribution in [1.29, 1.82) is 0 Å². The second kappa shape index (κ2) is 8.27. The molecule has 1 fully saturated rings. The standard InChI is InChI=1S/C24H21FN2O2/c25-18-10-7-11-19(14-18)26-23(28)21-15-22(21)24(29)27(20-12-5-2-6-13-20)16-17-8-3-1-4-9-17/h1-14,21-22H,15-16H2,(H,26,28). The monoisotopic (exact) mass is 388 g/mol. The van der Waals surface area contributed by atoms with Crippen molar-refractivity contribution in [1.82, 2.24) is 0 Å². The fourth-order valence-corrected chi connectivity index (χ4v) is 3.43. The van der Waals surface area contributed by atoms with E-state index in [1.165, 1.54) is 18.2 Å². The van der Waals surface area contributed by atoms with Crippen LogP contribution in [0.3, 0.4) is 0 Å². The fraction of sp³-hybridized carbons (Fsp3) is 0.167. The molecular formula is C24H21FN2O2. The second-order valence-electron chi connectivity index (χ2n) is 7.19. The van der Waals surface area contributed by atoms with E-state index >= 15 is 0 Å². The maximum absolute atomic E-state index is 13.3. The molecule has 2 atom stereocenters. The number of benzene rings is 3. The predicted octanol–water partition coefficient (Wildman–Crippen LogP) is 4.63. The van der Waals surface area contributed by atoms with Crippen LogP contribution in [0.4, 0.5) is 15.8 Å². The van der Waals surface area contributed by atoms with Crippen LogP contribution in [-0.2, 0) is 16.1 Å². The number of rotatable bonds is 6. The molecule has 5 heteroatoms. The van der Waals surface area contributed by atoms with Crippen molar-refractivity contribution in [2.45, 2.75) is 13.0 Å². The van der Waals surface area contributed by atoms with E-state index in [0.717, 1.165) is 11.3 Å². The molecule has 0 aliphatic heterocycles. The lowest BCUT2D eigenvalue weighted by molar-refractivity contribution is -0.123. The van der Waals surface area contributed by atoms with E-state index in [1.54, 1.807) is 11.0 Å². The lowest BCUT2D eigenvalue weighted by atomic mass is 10.1. The molecule has 2 amide bonds. The highest BCUT2D eigenvalue weighted by atomic mass is 19.1. The van der Waals surface area contributed by atoms with Gasteiger partial charge < -0.3 is 10.2 Å². The Hall–Kier alpha value is -3.47. The number of para-hydroxylation sites is 1. The molecule has 4 nitrogen and oxygen atoms in total. The summed E-state index contributed by atoms with van der Waals surface area (Å²) >= 11 is 0. The van der Waals surface area contributed by atoms with Crippen LogP contribution in [0.5, 0.6) is 0 Å². The summed E-state index contributed by atoms with van der Waals surface area (Å²) < 4.78 is 13.3. The maximum atomic E-state index is 13.3. The quantitative estimate of drug-likeness (QED) is 0.669. The number of halogens is 1. The molecule has 0 saturated heterocycles.